The molecule has 0 fully saturated rings. The number of halogens is 1. The van der Waals surface area contributed by atoms with E-state index in [1.54, 1.807) is 6.92 Å². The molecular weight excluding hydrogens is 155 g/mol. The minimum absolute atomic E-state index is 0.506. The quantitative estimate of drug-likeness (QED) is 0.361. The summed E-state index contributed by atoms with van der Waals surface area (Å²) in [6.45, 7) is 8.72. The number of rotatable bonds is 3. The van der Waals surface area contributed by atoms with Crippen molar-refractivity contribution >= 4 is 6.29 Å². The number of aldehydes is 1. The standard InChI is InChI=1S/C8H9FO.C2H6/c1-7(4-3-5-10)6-8(2)9;1-2/h3-6H,2H2,1H3;1-2H3/b4-3+,7-6+;. The van der Waals surface area contributed by atoms with E-state index in [-0.39, 0.29) is 0 Å². The van der Waals surface area contributed by atoms with Crippen LogP contribution in [0.1, 0.15) is 20.8 Å². The number of hydrogen-bond donors (Lipinski definition) is 0. The van der Waals surface area contributed by atoms with Crippen molar-refractivity contribution in [2.45, 2.75) is 20.8 Å². The van der Waals surface area contributed by atoms with Crippen LogP contribution in [-0.2, 0) is 4.79 Å². The van der Waals surface area contributed by atoms with E-state index in [9.17, 15) is 9.18 Å². The zero-order valence-corrected chi connectivity index (χ0v) is 7.80. The Labute approximate surface area is 73.3 Å². The van der Waals surface area contributed by atoms with E-state index >= 15 is 0 Å². The van der Waals surface area contributed by atoms with Gasteiger partial charge in [-0.25, -0.2) is 4.39 Å². The highest BCUT2D eigenvalue weighted by Gasteiger charge is 1.82. The number of allylic oxidation sites excluding steroid dienone is 5. The minimum Gasteiger partial charge on any atom is -0.299 e. The lowest BCUT2D eigenvalue weighted by Gasteiger charge is -1.86. The Morgan fingerprint density at radius 3 is 2.25 bits per heavy atom. The first-order chi connectivity index (χ1) is 5.66. The summed E-state index contributed by atoms with van der Waals surface area (Å²) < 4.78 is 12.0. The maximum atomic E-state index is 12.0. The van der Waals surface area contributed by atoms with Crippen molar-refractivity contribution in [3.63, 3.8) is 0 Å². The van der Waals surface area contributed by atoms with Gasteiger partial charge in [-0.2, -0.15) is 0 Å². The van der Waals surface area contributed by atoms with Crippen molar-refractivity contribution in [1.29, 1.82) is 0 Å². The molecule has 0 unspecified atom stereocenters. The monoisotopic (exact) mass is 170 g/mol. The highest BCUT2D eigenvalue weighted by molar-refractivity contribution is 5.65. The summed E-state index contributed by atoms with van der Waals surface area (Å²) in [4.78, 5) is 9.76. The van der Waals surface area contributed by atoms with Gasteiger partial charge in [0.05, 0.1) is 0 Å². The first-order valence-electron chi connectivity index (χ1n) is 3.81. The molecule has 0 aliphatic rings. The fraction of sp³-hybridized carbons (Fsp3) is 0.300. The number of hydrogen-bond acceptors (Lipinski definition) is 1. The van der Waals surface area contributed by atoms with Crippen molar-refractivity contribution in [2.24, 2.45) is 0 Å². The number of carbonyl (C=O) groups is 1. The molecule has 0 atom stereocenters. The molecule has 0 radical (unpaired) electrons. The summed E-state index contributed by atoms with van der Waals surface area (Å²) in [6.07, 6.45) is 4.70. The van der Waals surface area contributed by atoms with Crippen molar-refractivity contribution in [1.82, 2.24) is 0 Å². The Balaban J connectivity index is 0. The Morgan fingerprint density at radius 2 is 1.92 bits per heavy atom. The van der Waals surface area contributed by atoms with Gasteiger partial charge in [0.25, 0.3) is 0 Å². The van der Waals surface area contributed by atoms with Crippen LogP contribution < -0.4 is 0 Å². The average molecular weight is 170 g/mol. The van der Waals surface area contributed by atoms with Crippen LogP contribution in [0.3, 0.4) is 0 Å². The van der Waals surface area contributed by atoms with Crippen LogP contribution in [0.25, 0.3) is 0 Å². The van der Waals surface area contributed by atoms with Gasteiger partial charge in [-0.1, -0.05) is 26.5 Å². The maximum absolute atomic E-state index is 12.0. The second-order valence-corrected chi connectivity index (χ2v) is 1.83. The lowest BCUT2D eigenvalue weighted by Crippen LogP contribution is -1.69. The molecule has 0 aliphatic heterocycles. The minimum atomic E-state index is -0.506. The molecule has 0 aromatic heterocycles. The summed E-state index contributed by atoms with van der Waals surface area (Å²) in [6, 6.07) is 0. The largest absolute Gasteiger partial charge is 0.299 e. The Morgan fingerprint density at radius 1 is 1.42 bits per heavy atom. The molecule has 2 heteroatoms. The molecule has 0 amide bonds. The molecule has 0 saturated carbocycles. The van der Waals surface area contributed by atoms with Gasteiger partial charge in [0, 0.05) is 0 Å². The van der Waals surface area contributed by atoms with Crippen LogP contribution in [0, 0.1) is 0 Å². The van der Waals surface area contributed by atoms with Crippen molar-refractivity contribution in [2.75, 3.05) is 0 Å². The third-order valence-electron chi connectivity index (χ3n) is 0.822. The molecule has 0 aromatic carbocycles. The molecule has 0 aliphatic carbocycles. The zero-order chi connectivity index (χ0) is 9.98. The highest BCUT2D eigenvalue weighted by Crippen LogP contribution is 2.01. The molecule has 0 saturated heterocycles. The van der Waals surface area contributed by atoms with Gasteiger partial charge in [-0.05, 0) is 24.6 Å². The van der Waals surface area contributed by atoms with Gasteiger partial charge in [-0.3, -0.25) is 4.79 Å². The summed E-state index contributed by atoms with van der Waals surface area (Å²) in [5.74, 6) is -0.506. The zero-order valence-electron chi connectivity index (χ0n) is 7.80. The third kappa shape index (κ3) is 11.6. The van der Waals surface area contributed by atoms with E-state index in [1.807, 2.05) is 13.8 Å². The van der Waals surface area contributed by atoms with Gasteiger partial charge in [0.2, 0.25) is 0 Å². The number of carbonyl (C=O) groups excluding carboxylic acids is 1. The second kappa shape index (κ2) is 9.82. The smallest absolute Gasteiger partial charge is 0.142 e. The van der Waals surface area contributed by atoms with Crippen LogP contribution in [0.4, 0.5) is 4.39 Å². The van der Waals surface area contributed by atoms with Crippen LogP contribution in [-0.4, -0.2) is 6.29 Å². The van der Waals surface area contributed by atoms with E-state index in [1.165, 1.54) is 18.2 Å². The molecule has 0 N–H and O–H groups in total. The fourth-order valence-electron chi connectivity index (χ4n) is 0.486. The maximum Gasteiger partial charge on any atom is 0.142 e. The summed E-state index contributed by atoms with van der Waals surface area (Å²) in [5.41, 5.74) is 0.666. The van der Waals surface area contributed by atoms with Crippen molar-refractivity contribution < 1.29 is 9.18 Å². The lowest BCUT2D eigenvalue weighted by molar-refractivity contribution is -0.104. The predicted molar refractivity (Wildman–Crippen MR) is 50.6 cm³/mol. The summed E-state index contributed by atoms with van der Waals surface area (Å²) >= 11 is 0. The van der Waals surface area contributed by atoms with Gasteiger partial charge >= 0.3 is 0 Å². The third-order valence-corrected chi connectivity index (χ3v) is 0.822. The molecule has 12 heavy (non-hydrogen) atoms. The van der Waals surface area contributed by atoms with E-state index in [2.05, 4.69) is 6.58 Å². The fourth-order valence-corrected chi connectivity index (χ4v) is 0.486. The van der Waals surface area contributed by atoms with Crippen molar-refractivity contribution in [3.05, 3.63) is 36.2 Å². The Bertz CT molecular complexity index is 190. The molecule has 0 rings (SSSR count). The van der Waals surface area contributed by atoms with E-state index in [0.29, 0.717) is 11.9 Å². The summed E-state index contributed by atoms with van der Waals surface area (Å²) in [5, 5.41) is 0. The second-order valence-electron chi connectivity index (χ2n) is 1.83. The molecule has 0 bridgehead atoms. The first kappa shape index (κ1) is 13.4. The van der Waals surface area contributed by atoms with Gasteiger partial charge in [-0.15, -0.1) is 0 Å². The topological polar surface area (TPSA) is 17.1 Å². The SMILES string of the molecule is C=C(F)/C=C(C)/C=C/C=O.CC. The molecule has 0 spiro atoms. The average Bonchev–Trinajstić information content (AvgIpc) is 2.03. The first-order valence-corrected chi connectivity index (χ1v) is 3.81. The van der Waals surface area contributed by atoms with Crippen molar-refractivity contribution in [3.8, 4) is 0 Å². The van der Waals surface area contributed by atoms with Gasteiger partial charge in [0.15, 0.2) is 0 Å². The molecular formula is C10H15FO. The van der Waals surface area contributed by atoms with Crippen LogP contribution in [0.15, 0.2) is 36.2 Å². The van der Waals surface area contributed by atoms with E-state index in [0.717, 1.165) is 0 Å². The van der Waals surface area contributed by atoms with Crippen LogP contribution in [0.2, 0.25) is 0 Å². The summed E-state index contributed by atoms with van der Waals surface area (Å²) in [7, 11) is 0. The molecule has 0 aromatic rings. The van der Waals surface area contributed by atoms with Gasteiger partial charge in [0.1, 0.15) is 12.1 Å². The normalized spacial score (nSPS) is 10.5. The van der Waals surface area contributed by atoms with Crippen LogP contribution in [0.5, 0.6) is 0 Å². The molecule has 0 heterocycles. The van der Waals surface area contributed by atoms with Gasteiger partial charge < -0.3 is 0 Å². The highest BCUT2D eigenvalue weighted by atomic mass is 19.1. The Kier molecular flexibility index (Phi) is 11.0. The van der Waals surface area contributed by atoms with E-state index < -0.39 is 5.83 Å². The predicted octanol–water partition coefficient (Wildman–Crippen LogP) is 3.20. The lowest BCUT2D eigenvalue weighted by atomic mass is 10.2. The van der Waals surface area contributed by atoms with E-state index in [4.69, 9.17) is 0 Å². The van der Waals surface area contributed by atoms with Crippen LogP contribution >= 0.6 is 0 Å². The molecule has 1 nitrogen and oxygen atoms in total. The Hall–Kier alpha value is -1.18. The molecule has 68 valence electrons.